The van der Waals surface area contributed by atoms with Crippen molar-refractivity contribution in [2.24, 2.45) is 11.8 Å². The fraction of sp³-hybridized carbons (Fsp3) is 0.562. The number of hydrogen-bond donors (Lipinski definition) is 0. The van der Waals surface area contributed by atoms with Crippen LogP contribution >= 0.6 is 15.9 Å². The topological polar surface area (TPSA) is 20.3 Å². The third kappa shape index (κ3) is 2.71. The van der Waals surface area contributed by atoms with Crippen molar-refractivity contribution in [1.29, 1.82) is 0 Å². The highest BCUT2D eigenvalue weighted by atomic mass is 79.9. The minimum Gasteiger partial charge on any atom is -0.371 e. The number of rotatable bonds is 2. The number of piperidine rings is 1. The zero-order chi connectivity index (χ0) is 13.2. The molecule has 0 aromatic heterocycles. The first kappa shape index (κ1) is 13.2. The van der Waals surface area contributed by atoms with Gasteiger partial charge in [-0.25, -0.2) is 0 Å². The van der Waals surface area contributed by atoms with Gasteiger partial charge in [0.25, 0.3) is 0 Å². The lowest BCUT2D eigenvalue weighted by molar-refractivity contribution is 0.112. The smallest absolute Gasteiger partial charge is 0.151 e. The summed E-state index contributed by atoms with van der Waals surface area (Å²) in [5.41, 5.74) is 1.98. The van der Waals surface area contributed by atoms with Gasteiger partial charge in [0.05, 0.1) is 0 Å². The predicted molar refractivity (Wildman–Crippen MR) is 81.8 cm³/mol. The molecule has 3 heteroatoms. The molecule has 19 heavy (non-hydrogen) atoms. The summed E-state index contributed by atoms with van der Waals surface area (Å²) < 4.78 is 0.908. The van der Waals surface area contributed by atoms with Crippen LogP contribution in [0.1, 0.15) is 42.5 Å². The highest BCUT2D eigenvalue weighted by Gasteiger charge is 2.31. The fourth-order valence-corrected chi connectivity index (χ4v) is 4.10. The van der Waals surface area contributed by atoms with E-state index < -0.39 is 0 Å². The lowest BCUT2D eigenvalue weighted by Crippen LogP contribution is -2.41. The first-order valence-electron chi connectivity index (χ1n) is 7.27. The van der Waals surface area contributed by atoms with Gasteiger partial charge < -0.3 is 4.90 Å². The number of nitrogens with zero attached hydrogens (tertiary/aromatic N) is 1. The Balaban J connectivity index is 1.75. The molecule has 1 aromatic rings. The third-order valence-corrected chi connectivity index (χ3v) is 5.45. The van der Waals surface area contributed by atoms with Gasteiger partial charge in [-0.15, -0.1) is 0 Å². The predicted octanol–water partition coefficient (Wildman–Crippen LogP) is 4.28. The Labute approximate surface area is 123 Å². The summed E-state index contributed by atoms with van der Waals surface area (Å²) in [5.74, 6) is 1.84. The van der Waals surface area contributed by atoms with Gasteiger partial charge in [-0.1, -0.05) is 19.3 Å². The van der Waals surface area contributed by atoms with Gasteiger partial charge in [0.2, 0.25) is 0 Å². The lowest BCUT2D eigenvalue weighted by atomic mass is 9.75. The fourth-order valence-electron chi connectivity index (χ4n) is 3.64. The van der Waals surface area contributed by atoms with Crippen LogP contribution in [0.25, 0.3) is 0 Å². The van der Waals surface area contributed by atoms with Gasteiger partial charge in [0, 0.05) is 28.8 Å². The summed E-state index contributed by atoms with van der Waals surface area (Å²) >= 11 is 3.48. The lowest BCUT2D eigenvalue weighted by Gasteiger charge is -2.42. The summed E-state index contributed by atoms with van der Waals surface area (Å²) in [6, 6.07) is 6.09. The van der Waals surface area contributed by atoms with E-state index in [1.807, 2.05) is 6.07 Å². The molecule has 1 saturated carbocycles. The highest BCUT2D eigenvalue weighted by molar-refractivity contribution is 9.10. The van der Waals surface area contributed by atoms with Crippen molar-refractivity contribution in [3.8, 4) is 0 Å². The third-order valence-electron chi connectivity index (χ3n) is 4.77. The molecule has 1 saturated heterocycles. The molecule has 1 aliphatic heterocycles. The van der Waals surface area contributed by atoms with Crippen LogP contribution in [-0.4, -0.2) is 19.4 Å². The van der Waals surface area contributed by atoms with Crippen molar-refractivity contribution < 1.29 is 4.79 Å². The van der Waals surface area contributed by atoms with Gasteiger partial charge in [-0.3, -0.25) is 4.79 Å². The molecule has 102 valence electrons. The van der Waals surface area contributed by atoms with Crippen molar-refractivity contribution in [3.63, 3.8) is 0 Å². The molecule has 0 spiro atoms. The number of carbonyl (C=O) groups is 1. The molecule has 0 bridgehead atoms. The van der Waals surface area contributed by atoms with Gasteiger partial charge in [0.15, 0.2) is 6.29 Å². The van der Waals surface area contributed by atoms with Crippen molar-refractivity contribution in [2.45, 2.75) is 32.1 Å². The number of benzene rings is 1. The van der Waals surface area contributed by atoms with E-state index in [-0.39, 0.29) is 0 Å². The molecule has 2 aliphatic rings. The first-order chi connectivity index (χ1) is 9.28. The molecule has 0 amide bonds. The monoisotopic (exact) mass is 321 g/mol. The Hall–Kier alpha value is -0.830. The molecule has 2 unspecified atom stereocenters. The molecule has 2 atom stereocenters. The van der Waals surface area contributed by atoms with E-state index in [0.717, 1.165) is 34.7 Å². The maximum atomic E-state index is 10.9. The highest BCUT2D eigenvalue weighted by Crippen LogP contribution is 2.38. The molecule has 3 rings (SSSR count). The second kappa shape index (κ2) is 5.66. The molecule has 2 nitrogen and oxygen atoms in total. The zero-order valence-corrected chi connectivity index (χ0v) is 12.7. The van der Waals surface area contributed by atoms with Crippen LogP contribution in [0.2, 0.25) is 0 Å². The number of halogens is 1. The molecule has 1 heterocycles. The van der Waals surface area contributed by atoms with E-state index in [4.69, 9.17) is 0 Å². The van der Waals surface area contributed by atoms with Gasteiger partial charge in [-0.2, -0.15) is 0 Å². The standard InChI is InChI=1S/C16H20BrNO/c17-16-9-15(6-5-14(16)11-19)18-8-7-12-3-1-2-4-13(12)10-18/h5-6,9,11-13H,1-4,7-8,10H2. The van der Waals surface area contributed by atoms with Gasteiger partial charge >= 0.3 is 0 Å². The van der Waals surface area contributed by atoms with Crippen LogP contribution in [0.15, 0.2) is 22.7 Å². The Kier molecular flexibility index (Phi) is 3.92. The molecular formula is C16H20BrNO. The van der Waals surface area contributed by atoms with Crippen molar-refractivity contribution >= 4 is 27.9 Å². The van der Waals surface area contributed by atoms with E-state index in [1.165, 1.54) is 44.3 Å². The largest absolute Gasteiger partial charge is 0.371 e. The maximum absolute atomic E-state index is 10.9. The summed E-state index contributed by atoms with van der Waals surface area (Å²) in [6.45, 7) is 2.35. The van der Waals surface area contributed by atoms with E-state index in [0.29, 0.717) is 0 Å². The van der Waals surface area contributed by atoms with Crippen molar-refractivity contribution in [2.75, 3.05) is 18.0 Å². The SMILES string of the molecule is O=Cc1ccc(N2CCC3CCCCC3C2)cc1Br. The van der Waals surface area contributed by atoms with E-state index in [2.05, 4.69) is 33.0 Å². The average molecular weight is 322 g/mol. The summed E-state index contributed by atoms with van der Waals surface area (Å²) in [7, 11) is 0. The number of fused-ring (bicyclic) bond motifs is 1. The molecule has 2 fully saturated rings. The quantitative estimate of drug-likeness (QED) is 0.758. The molecule has 1 aliphatic carbocycles. The Bertz CT molecular complexity index is 474. The van der Waals surface area contributed by atoms with Gasteiger partial charge in [-0.05, 0) is 58.8 Å². The number of aldehydes is 1. The van der Waals surface area contributed by atoms with E-state index in [9.17, 15) is 4.79 Å². The van der Waals surface area contributed by atoms with Crippen molar-refractivity contribution in [1.82, 2.24) is 0 Å². The minimum absolute atomic E-state index is 0.733. The van der Waals surface area contributed by atoms with Crippen molar-refractivity contribution in [3.05, 3.63) is 28.2 Å². The number of carbonyl (C=O) groups excluding carboxylic acids is 1. The van der Waals surface area contributed by atoms with Crippen LogP contribution in [0.5, 0.6) is 0 Å². The minimum atomic E-state index is 0.733. The van der Waals surface area contributed by atoms with Crippen LogP contribution in [0.3, 0.4) is 0 Å². The van der Waals surface area contributed by atoms with Gasteiger partial charge in [0.1, 0.15) is 0 Å². The Morgan fingerprint density at radius 1 is 1.16 bits per heavy atom. The van der Waals surface area contributed by atoms with Crippen LogP contribution < -0.4 is 4.90 Å². The molecule has 0 N–H and O–H groups in total. The van der Waals surface area contributed by atoms with E-state index >= 15 is 0 Å². The second-order valence-corrected chi connectivity index (χ2v) is 6.72. The number of anilines is 1. The Morgan fingerprint density at radius 2 is 1.95 bits per heavy atom. The summed E-state index contributed by atoms with van der Waals surface area (Å²) in [4.78, 5) is 13.4. The van der Waals surface area contributed by atoms with Crippen LogP contribution in [0, 0.1) is 11.8 Å². The molecular weight excluding hydrogens is 302 g/mol. The average Bonchev–Trinajstić information content (AvgIpc) is 2.46. The van der Waals surface area contributed by atoms with Crippen LogP contribution in [0.4, 0.5) is 5.69 Å². The molecule has 1 aromatic carbocycles. The zero-order valence-electron chi connectivity index (χ0n) is 11.1. The first-order valence-corrected chi connectivity index (χ1v) is 8.07. The van der Waals surface area contributed by atoms with E-state index in [1.54, 1.807) is 0 Å². The van der Waals surface area contributed by atoms with Crippen LogP contribution in [-0.2, 0) is 0 Å². The second-order valence-electron chi connectivity index (χ2n) is 5.86. The Morgan fingerprint density at radius 3 is 2.68 bits per heavy atom. The maximum Gasteiger partial charge on any atom is 0.151 e. The number of hydrogen-bond acceptors (Lipinski definition) is 2. The summed E-state index contributed by atoms with van der Waals surface area (Å²) in [5, 5.41) is 0. The molecule has 0 radical (unpaired) electrons. The normalized spacial score (nSPS) is 26.9. The summed E-state index contributed by atoms with van der Waals surface area (Å²) in [6.07, 6.45) is 7.91.